The summed E-state index contributed by atoms with van der Waals surface area (Å²) in [5, 5.41) is 0. The second-order valence-corrected chi connectivity index (χ2v) is 9.59. The Hall–Kier alpha value is -0.440. The van der Waals surface area contributed by atoms with Crippen molar-refractivity contribution in [3.63, 3.8) is 0 Å². The minimum Gasteiger partial charge on any atom is -0.213 e. The fourth-order valence-corrected chi connectivity index (χ4v) is 5.58. The van der Waals surface area contributed by atoms with Crippen molar-refractivity contribution >= 4 is 20.0 Å². The summed E-state index contributed by atoms with van der Waals surface area (Å²) in [6.45, 7) is 4.68. The van der Waals surface area contributed by atoms with Crippen LogP contribution in [0.2, 0.25) is 0 Å². The lowest BCUT2D eigenvalue weighted by atomic mass is 10.2. The zero-order valence-corrected chi connectivity index (χ0v) is 13.4. The van der Waals surface area contributed by atoms with Gasteiger partial charge in [-0.2, -0.15) is 4.31 Å². The first-order valence-electron chi connectivity index (χ1n) is 6.79. The van der Waals surface area contributed by atoms with Gasteiger partial charge < -0.3 is 0 Å². The van der Waals surface area contributed by atoms with Gasteiger partial charge >= 0.3 is 0 Å². The van der Waals surface area contributed by atoms with E-state index in [1.807, 2.05) is 0 Å². The fraction of sp³-hybridized carbons (Fsp3) is 0.833. The van der Waals surface area contributed by atoms with Crippen LogP contribution in [-0.4, -0.2) is 63.1 Å². The molecule has 0 spiro atoms. The maximum atomic E-state index is 12.4. The second-order valence-electron chi connectivity index (χ2n) is 5.64. The fourth-order valence-electron chi connectivity index (χ4n) is 2.61. The smallest absolute Gasteiger partial charge is 0.213 e. The van der Waals surface area contributed by atoms with Crippen LogP contribution >= 0.6 is 0 Å². The second kappa shape index (κ2) is 5.75. The SMILES string of the molecule is C=CCN(C1CC1)S(=O)(=O)CC1CCN(S(C)(=O)=O)C1. The minimum absolute atomic E-state index is 0.0311. The molecule has 1 heterocycles. The Labute approximate surface area is 121 Å². The summed E-state index contributed by atoms with van der Waals surface area (Å²) in [6.07, 6.45) is 5.20. The Kier molecular flexibility index (Phi) is 4.58. The molecule has 1 aliphatic carbocycles. The van der Waals surface area contributed by atoms with E-state index in [0.717, 1.165) is 19.1 Å². The molecule has 6 nitrogen and oxygen atoms in total. The third-order valence-corrected chi connectivity index (χ3v) is 7.11. The topological polar surface area (TPSA) is 74.8 Å². The van der Waals surface area contributed by atoms with Gasteiger partial charge in [-0.25, -0.2) is 21.1 Å². The number of hydrogen-bond donors (Lipinski definition) is 0. The molecule has 1 saturated carbocycles. The molecule has 2 aliphatic rings. The summed E-state index contributed by atoms with van der Waals surface area (Å²) in [5.41, 5.74) is 0. The highest BCUT2D eigenvalue weighted by Crippen LogP contribution is 2.31. The van der Waals surface area contributed by atoms with E-state index >= 15 is 0 Å². The Morgan fingerprint density at radius 2 is 1.90 bits per heavy atom. The summed E-state index contributed by atoms with van der Waals surface area (Å²) < 4.78 is 50.6. The quantitative estimate of drug-likeness (QED) is 0.630. The van der Waals surface area contributed by atoms with Crippen molar-refractivity contribution in [2.24, 2.45) is 5.92 Å². The third kappa shape index (κ3) is 3.81. The van der Waals surface area contributed by atoms with Crippen LogP contribution in [0.25, 0.3) is 0 Å². The van der Waals surface area contributed by atoms with Gasteiger partial charge in [0, 0.05) is 25.7 Å². The van der Waals surface area contributed by atoms with Gasteiger partial charge in [-0.15, -0.1) is 6.58 Å². The van der Waals surface area contributed by atoms with Gasteiger partial charge in [0.2, 0.25) is 20.0 Å². The summed E-state index contributed by atoms with van der Waals surface area (Å²) in [6, 6.07) is 0.116. The highest BCUT2D eigenvalue weighted by atomic mass is 32.2. The minimum atomic E-state index is -3.33. The lowest BCUT2D eigenvalue weighted by Gasteiger charge is -2.22. The van der Waals surface area contributed by atoms with E-state index in [-0.39, 0.29) is 17.7 Å². The molecule has 8 heteroatoms. The van der Waals surface area contributed by atoms with Gasteiger partial charge in [0.15, 0.2) is 0 Å². The molecule has 0 aromatic carbocycles. The van der Waals surface area contributed by atoms with Crippen molar-refractivity contribution in [3.05, 3.63) is 12.7 Å². The average Bonchev–Trinajstić information content (AvgIpc) is 3.03. The summed E-state index contributed by atoms with van der Waals surface area (Å²) in [4.78, 5) is 0. The van der Waals surface area contributed by atoms with E-state index in [1.54, 1.807) is 6.08 Å². The summed E-state index contributed by atoms with van der Waals surface area (Å²) in [7, 11) is -6.55. The molecular formula is C12H22N2O4S2. The molecular weight excluding hydrogens is 300 g/mol. The van der Waals surface area contributed by atoms with Gasteiger partial charge in [0.05, 0.1) is 12.0 Å². The molecule has 0 radical (unpaired) electrons. The highest BCUT2D eigenvalue weighted by molar-refractivity contribution is 7.89. The predicted molar refractivity (Wildman–Crippen MR) is 78.2 cm³/mol. The predicted octanol–water partition coefficient (Wildman–Crippen LogP) is 0.248. The molecule has 20 heavy (non-hydrogen) atoms. The molecule has 0 amide bonds. The van der Waals surface area contributed by atoms with Crippen LogP contribution in [0.3, 0.4) is 0 Å². The van der Waals surface area contributed by atoms with Gasteiger partial charge in [-0.3, -0.25) is 0 Å². The molecule has 1 saturated heterocycles. The van der Waals surface area contributed by atoms with E-state index in [4.69, 9.17) is 0 Å². The van der Waals surface area contributed by atoms with Gasteiger partial charge in [-0.1, -0.05) is 6.08 Å². The number of nitrogens with zero attached hydrogens (tertiary/aromatic N) is 2. The van der Waals surface area contributed by atoms with Crippen LogP contribution in [0, 0.1) is 5.92 Å². The van der Waals surface area contributed by atoms with Crippen molar-refractivity contribution in [2.45, 2.75) is 25.3 Å². The summed E-state index contributed by atoms with van der Waals surface area (Å²) >= 11 is 0. The molecule has 0 aromatic heterocycles. The summed E-state index contributed by atoms with van der Waals surface area (Å²) in [5.74, 6) is -0.0793. The van der Waals surface area contributed by atoms with E-state index in [1.165, 1.54) is 8.61 Å². The van der Waals surface area contributed by atoms with Gasteiger partial charge in [-0.05, 0) is 25.2 Å². The number of hydrogen-bond acceptors (Lipinski definition) is 4. The van der Waals surface area contributed by atoms with Gasteiger partial charge in [0.1, 0.15) is 0 Å². The molecule has 1 unspecified atom stereocenters. The van der Waals surface area contributed by atoms with Crippen molar-refractivity contribution in [1.82, 2.24) is 8.61 Å². The maximum Gasteiger partial charge on any atom is 0.214 e. The molecule has 116 valence electrons. The van der Waals surface area contributed by atoms with E-state index in [0.29, 0.717) is 26.1 Å². The van der Waals surface area contributed by atoms with Crippen LogP contribution < -0.4 is 0 Å². The molecule has 1 atom stereocenters. The lowest BCUT2D eigenvalue weighted by molar-refractivity contribution is 0.424. The first-order valence-corrected chi connectivity index (χ1v) is 10.3. The average molecular weight is 322 g/mol. The molecule has 0 N–H and O–H groups in total. The lowest BCUT2D eigenvalue weighted by Crippen LogP contribution is -2.38. The van der Waals surface area contributed by atoms with E-state index in [2.05, 4.69) is 6.58 Å². The Balaban J connectivity index is 2.00. The Bertz CT molecular complexity index is 566. The van der Waals surface area contributed by atoms with Crippen molar-refractivity contribution in [1.29, 1.82) is 0 Å². The molecule has 2 fully saturated rings. The molecule has 1 aliphatic heterocycles. The van der Waals surface area contributed by atoms with E-state index < -0.39 is 20.0 Å². The molecule has 0 bridgehead atoms. The monoisotopic (exact) mass is 322 g/mol. The van der Waals surface area contributed by atoms with Crippen molar-refractivity contribution in [2.75, 3.05) is 31.6 Å². The third-order valence-electron chi connectivity index (χ3n) is 3.78. The maximum absolute atomic E-state index is 12.4. The van der Waals surface area contributed by atoms with Crippen LogP contribution in [0.1, 0.15) is 19.3 Å². The zero-order valence-electron chi connectivity index (χ0n) is 11.7. The Morgan fingerprint density at radius 1 is 1.25 bits per heavy atom. The first kappa shape index (κ1) is 15.9. The number of rotatable bonds is 7. The standard InChI is InChI=1S/C12H22N2O4S2/c1-3-7-14(12-4-5-12)20(17,18)10-11-6-8-13(9-11)19(2,15)16/h3,11-12H,1,4-10H2,2H3. The normalized spacial score (nSPS) is 25.2. The van der Waals surface area contributed by atoms with Crippen molar-refractivity contribution in [3.8, 4) is 0 Å². The van der Waals surface area contributed by atoms with Crippen LogP contribution in [-0.2, 0) is 20.0 Å². The van der Waals surface area contributed by atoms with Crippen molar-refractivity contribution < 1.29 is 16.8 Å². The molecule has 2 rings (SSSR count). The molecule has 0 aromatic rings. The first-order chi connectivity index (χ1) is 9.24. The highest BCUT2D eigenvalue weighted by Gasteiger charge is 2.39. The Morgan fingerprint density at radius 3 is 2.35 bits per heavy atom. The van der Waals surface area contributed by atoms with Crippen LogP contribution in [0.4, 0.5) is 0 Å². The largest absolute Gasteiger partial charge is 0.214 e. The zero-order chi connectivity index (χ0) is 15.0. The van der Waals surface area contributed by atoms with E-state index in [9.17, 15) is 16.8 Å². The van der Waals surface area contributed by atoms with Crippen LogP contribution in [0.15, 0.2) is 12.7 Å². The van der Waals surface area contributed by atoms with Crippen LogP contribution in [0.5, 0.6) is 0 Å². The number of sulfonamides is 2. The van der Waals surface area contributed by atoms with Gasteiger partial charge in [0.25, 0.3) is 0 Å².